The van der Waals surface area contributed by atoms with E-state index in [2.05, 4.69) is 0 Å². The van der Waals surface area contributed by atoms with Crippen molar-refractivity contribution in [1.82, 2.24) is 9.47 Å². The lowest BCUT2D eigenvalue weighted by molar-refractivity contribution is -0.137. The van der Waals surface area contributed by atoms with Gasteiger partial charge < -0.3 is 19.3 Å². The molecule has 6 nitrogen and oxygen atoms in total. The summed E-state index contributed by atoms with van der Waals surface area (Å²) in [4.78, 5) is 25.5. The predicted molar refractivity (Wildman–Crippen MR) is 97.3 cm³/mol. The number of aliphatic carboxylic acids is 1. The number of carbonyl (C=O) groups excluding carboxylic acids is 1. The molecule has 2 rings (SSSR count). The molecule has 0 aliphatic heterocycles. The molecule has 0 radical (unpaired) electrons. The highest BCUT2D eigenvalue weighted by molar-refractivity contribution is 6.02. The van der Waals surface area contributed by atoms with E-state index in [1.807, 2.05) is 50.5 Å². The van der Waals surface area contributed by atoms with Gasteiger partial charge in [-0.3, -0.25) is 9.59 Å². The number of ether oxygens (including phenoxy) is 1. The number of carbonyl (C=O) groups is 2. The number of hydrogen-bond donors (Lipinski definition) is 1. The fraction of sp³-hybridized carbons (Fsp3) is 0.474. The second-order valence-corrected chi connectivity index (χ2v) is 5.86. The summed E-state index contributed by atoms with van der Waals surface area (Å²) in [6, 6.07) is 5.85. The van der Waals surface area contributed by atoms with Crippen molar-refractivity contribution in [3.05, 3.63) is 29.5 Å². The molecule has 6 heteroatoms. The Balaban J connectivity index is 2.49. The quantitative estimate of drug-likeness (QED) is 0.796. The van der Waals surface area contributed by atoms with Gasteiger partial charge in [0.15, 0.2) is 0 Å². The molecule has 25 heavy (non-hydrogen) atoms. The highest BCUT2D eigenvalue weighted by Gasteiger charge is 2.24. The van der Waals surface area contributed by atoms with E-state index < -0.39 is 5.97 Å². The Morgan fingerprint density at radius 3 is 2.52 bits per heavy atom. The number of aryl methyl sites for hydroxylation is 2. The number of carboxylic acid groups (broad SMARTS) is 1. The molecule has 0 fully saturated rings. The molecule has 0 aliphatic rings. The van der Waals surface area contributed by atoms with Gasteiger partial charge in [-0.2, -0.15) is 0 Å². The molecule has 1 aromatic carbocycles. The molecule has 1 N–H and O–H groups in total. The average Bonchev–Trinajstić information content (AvgIpc) is 2.87. The monoisotopic (exact) mass is 346 g/mol. The van der Waals surface area contributed by atoms with Gasteiger partial charge in [0.25, 0.3) is 5.91 Å². The minimum atomic E-state index is -0.902. The molecule has 0 saturated heterocycles. The van der Waals surface area contributed by atoms with Gasteiger partial charge in [0, 0.05) is 30.5 Å². The SMILES string of the molecule is CCOc1ccc2c(c1)c(C)c(C(=O)N(CC)CCC(=O)O)n2CC. The zero-order valence-corrected chi connectivity index (χ0v) is 15.3. The van der Waals surface area contributed by atoms with Gasteiger partial charge >= 0.3 is 5.97 Å². The highest BCUT2D eigenvalue weighted by Crippen LogP contribution is 2.30. The predicted octanol–water partition coefficient (Wildman–Crippen LogP) is 3.31. The largest absolute Gasteiger partial charge is 0.494 e. The molecular formula is C19H26N2O4. The molecule has 0 unspecified atom stereocenters. The highest BCUT2D eigenvalue weighted by atomic mass is 16.5. The van der Waals surface area contributed by atoms with Crippen molar-refractivity contribution in [1.29, 1.82) is 0 Å². The Kier molecular flexibility index (Phi) is 6.07. The van der Waals surface area contributed by atoms with Crippen LogP contribution in [0.2, 0.25) is 0 Å². The summed E-state index contributed by atoms with van der Waals surface area (Å²) in [5, 5.41) is 9.90. The van der Waals surface area contributed by atoms with Gasteiger partial charge in [-0.05, 0) is 51.5 Å². The Hall–Kier alpha value is -2.50. The first-order valence-electron chi connectivity index (χ1n) is 8.71. The first kappa shape index (κ1) is 18.8. The van der Waals surface area contributed by atoms with Crippen LogP contribution in [0, 0.1) is 6.92 Å². The van der Waals surface area contributed by atoms with Crippen LogP contribution in [-0.2, 0) is 11.3 Å². The van der Waals surface area contributed by atoms with Gasteiger partial charge in [0.2, 0.25) is 0 Å². The van der Waals surface area contributed by atoms with Gasteiger partial charge in [-0.25, -0.2) is 0 Å². The summed E-state index contributed by atoms with van der Waals surface area (Å²) in [7, 11) is 0. The van der Waals surface area contributed by atoms with Crippen LogP contribution in [0.3, 0.4) is 0 Å². The van der Waals surface area contributed by atoms with Crippen molar-refractivity contribution < 1.29 is 19.4 Å². The number of fused-ring (bicyclic) bond motifs is 1. The lowest BCUT2D eigenvalue weighted by Gasteiger charge is -2.21. The minimum absolute atomic E-state index is 0.0561. The smallest absolute Gasteiger partial charge is 0.305 e. The maximum absolute atomic E-state index is 13.1. The Morgan fingerprint density at radius 2 is 1.96 bits per heavy atom. The van der Waals surface area contributed by atoms with Crippen molar-refractivity contribution >= 4 is 22.8 Å². The van der Waals surface area contributed by atoms with Crippen LogP contribution >= 0.6 is 0 Å². The molecule has 136 valence electrons. The standard InChI is InChI=1S/C19H26N2O4/c1-5-20(11-10-17(22)23)19(24)18-13(4)15-12-14(25-7-3)8-9-16(15)21(18)6-2/h8-9,12H,5-7,10-11H2,1-4H3,(H,22,23). The second kappa shape index (κ2) is 8.05. The maximum atomic E-state index is 13.1. The molecular weight excluding hydrogens is 320 g/mol. The first-order valence-corrected chi connectivity index (χ1v) is 8.71. The molecule has 0 atom stereocenters. The Bertz CT molecular complexity index is 779. The topological polar surface area (TPSA) is 71.8 Å². The summed E-state index contributed by atoms with van der Waals surface area (Å²) in [5.41, 5.74) is 2.51. The van der Waals surface area contributed by atoms with E-state index >= 15 is 0 Å². The summed E-state index contributed by atoms with van der Waals surface area (Å²) >= 11 is 0. The zero-order chi connectivity index (χ0) is 18.6. The van der Waals surface area contributed by atoms with Gasteiger partial charge in [-0.15, -0.1) is 0 Å². The number of aromatic nitrogens is 1. The average molecular weight is 346 g/mol. The lowest BCUT2D eigenvalue weighted by atomic mass is 10.1. The van der Waals surface area contributed by atoms with Gasteiger partial charge in [0.1, 0.15) is 11.4 Å². The summed E-state index contributed by atoms with van der Waals surface area (Å²) in [6.07, 6.45) is -0.0561. The summed E-state index contributed by atoms with van der Waals surface area (Å²) < 4.78 is 7.57. The molecule has 0 aliphatic carbocycles. The number of benzene rings is 1. The van der Waals surface area contributed by atoms with E-state index in [4.69, 9.17) is 9.84 Å². The minimum Gasteiger partial charge on any atom is -0.494 e. The fourth-order valence-electron chi connectivity index (χ4n) is 3.15. The Morgan fingerprint density at radius 1 is 1.24 bits per heavy atom. The van der Waals surface area contributed by atoms with Crippen molar-refractivity contribution in [2.24, 2.45) is 0 Å². The van der Waals surface area contributed by atoms with E-state index in [-0.39, 0.29) is 18.9 Å². The normalized spacial score (nSPS) is 10.9. The number of nitrogens with zero attached hydrogens (tertiary/aromatic N) is 2. The molecule has 0 spiro atoms. The molecule has 1 heterocycles. The fourth-order valence-corrected chi connectivity index (χ4v) is 3.15. The van der Waals surface area contributed by atoms with E-state index in [1.165, 1.54) is 0 Å². The maximum Gasteiger partial charge on any atom is 0.305 e. The van der Waals surface area contributed by atoms with Crippen LogP contribution in [0.15, 0.2) is 18.2 Å². The van der Waals surface area contributed by atoms with Crippen LogP contribution in [0.5, 0.6) is 5.75 Å². The Labute approximate surface area is 148 Å². The van der Waals surface area contributed by atoms with Crippen molar-refractivity contribution in [3.8, 4) is 5.75 Å². The molecule has 0 bridgehead atoms. The van der Waals surface area contributed by atoms with Crippen molar-refractivity contribution in [2.45, 2.75) is 40.7 Å². The summed E-state index contributed by atoms with van der Waals surface area (Å²) in [6.45, 7) is 9.66. The third-order valence-corrected chi connectivity index (χ3v) is 4.38. The van der Waals surface area contributed by atoms with E-state index in [1.54, 1.807) is 4.90 Å². The number of hydrogen-bond acceptors (Lipinski definition) is 3. The van der Waals surface area contributed by atoms with Crippen LogP contribution in [0.1, 0.15) is 43.2 Å². The van der Waals surface area contributed by atoms with Crippen LogP contribution in [0.25, 0.3) is 10.9 Å². The van der Waals surface area contributed by atoms with Crippen LogP contribution in [0.4, 0.5) is 0 Å². The number of amides is 1. The molecule has 2 aromatic rings. The lowest BCUT2D eigenvalue weighted by Crippen LogP contribution is -2.34. The zero-order valence-electron chi connectivity index (χ0n) is 15.3. The van der Waals surface area contributed by atoms with E-state index in [9.17, 15) is 9.59 Å². The van der Waals surface area contributed by atoms with Crippen LogP contribution < -0.4 is 4.74 Å². The molecule has 0 saturated carbocycles. The van der Waals surface area contributed by atoms with Crippen molar-refractivity contribution in [3.63, 3.8) is 0 Å². The second-order valence-electron chi connectivity index (χ2n) is 5.86. The molecule has 1 aromatic heterocycles. The third kappa shape index (κ3) is 3.78. The van der Waals surface area contributed by atoms with Gasteiger partial charge in [-0.1, -0.05) is 0 Å². The molecule has 1 amide bonds. The van der Waals surface area contributed by atoms with Gasteiger partial charge in [0.05, 0.1) is 13.0 Å². The number of rotatable bonds is 8. The van der Waals surface area contributed by atoms with Crippen LogP contribution in [-0.4, -0.2) is 46.1 Å². The third-order valence-electron chi connectivity index (χ3n) is 4.38. The van der Waals surface area contributed by atoms with E-state index in [0.717, 1.165) is 22.2 Å². The van der Waals surface area contributed by atoms with Crippen molar-refractivity contribution in [2.75, 3.05) is 19.7 Å². The van der Waals surface area contributed by atoms with E-state index in [0.29, 0.717) is 25.4 Å². The number of carboxylic acids is 1. The summed E-state index contributed by atoms with van der Waals surface area (Å²) in [5.74, 6) is -0.249. The first-order chi connectivity index (χ1) is 11.9.